The average molecular weight is 291 g/mol. The van der Waals surface area contributed by atoms with Gasteiger partial charge in [-0.05, 0) is 6.66 Å². The Morgan fingerprint density at radius 3 is 2.47 bits per heavy atom. The van der Waals surface area contributed by atoms with Crippen molar-refractivity contribution >= 4 is 15.2 Å². The maximum Gasteiger partial charge on any atom is 0.119 e. The molecule has 0 aromatic rings. The Kier molecular flexibility index (Phi) is 7.01. The number of methoxy groups -OCH3 is 2. The van der Waals surface area contributed by atoms with Gasteiger partial charge in [0.05, 0.1) is 27.2 Å². The molecule has 5 atom stereocenters. The molecule has 1 heterocycles. The third kappa shape index (κ3) is 5.54. The Hall–Kier alpha value is 0.0949. The normalized spacial score (nSPS) is 34.3. The number of hydrogen-bond acceptors (Lipinski definition) is 6. The lowest BCUT2D eigenvalue weighted by molar-refractivity contribution is -0.0319. The predicted molar refractivity (Wildman–Crippen MR) is 71.7 cm³/mol. The van der Waals surface area contributed by atoms with E-state index in [1.54, 1.807) is 14.2 Å². The second kappa shape index (κ2) is 7.77. The average Bonchev–Trinajstić information content (AvgIpc) is 2.56. The van der Waals surface area contributed by atoms with Crippen molar-refractivity contribution in [1.29, 1.82) is 0 Å². The predicted octanol–water partition coefficient (Wildman–Crippen LogP) is 0.642. The third-order valence-corrected chi connectivity index (χ3v) is 3.31. The van der Waals surface area contributed by atoms with E-state index in [0.717, 1.165) is 0 Å². The van der Waals surface area contributed by atoms with Crippen LogP contribution in [-0.2, 0) is 28.0 Å². The molecule has 0 aromatic carbocycles. The fourth-order valence-corrected chi connectivity index (χ4v) is 2.67. The summed E-state index contributed by atoms with van der Waals surface area (Å²) in [5.41, 5.74) is 0. The highest BCUT2D eigenvalue weighted by molar-refractivity contribution is 7.59. The van der Waals surface area contributed by atoms with Crippen molar-refractivity contribution in [3.63, 3.8) is 0 Å². The van der Waals surface area contributed by atoms with Crippen LogP contribution in [0.2, 0.25) is 0 Å². The lowest BCUT2D eigenvalue weighted by atomic mass is 9.93. The zero-order valence-electron chi connectivity index (χ0n) is 11.6. The molecular formula is C11H21BO6P-. The zero-order valence-corrected chi connectivity index (χ0v) is 12.5. The van der Waals surface area contributed by atoms with Gasteiger partial charge in [0, 0.05) is 20.2 Å². The minimum Gasteiger partial charge on any atom is -0.382 e. The first-order valence-corrected chi connectivity index (χ1v) is 8.25. The second-order valence-corrected chi connectivity index (χ2v) is 6.75. The molecule has 2 unspecified atom stereocenters. The van der Waals surface area contributed by atoms with Crippen molar-refractivity contribution in [1.82, 2.24) is 0 Å². The maximum absolute atomic E-state index is 11.8. The molecule has 0 aliphatic carbocycles. The monoisotopic (exact) mass is 291 g/mol. The zero-order chi connectivity index (χ0) is 14.5. The number of rotatable bonds is 8. The Morgan fingerprint density at radius 1 is 1.26 bits per heavy atom. The topological polar surface area (TPSA) is 63.2 Å². The molecule has 0 saturated carbocycles. The first kappa shape index (κ1) is 17.1. The fourth-order valence-electron chi connectivity index (χ4n) is 1.90. The summed E-state index contributed by atoms with van der Waals surface area (Å²) in [6, 6.07) is -0.659. The molecule has 0 N–H and O–H groups in total. The van der Waals surface area contributed by atoms with Crippen LogP contribution in [0, 0.1) is 6.66 Å². The molecule has 0 amide bonds. The molecule has 8 heteroatoms. The van der Waals surface area contributed by atoms with Crippen LogP contribution < -0.4 is 0 Å². The molecule has 0 aromatic heterocycles. The van der Waals surface area contributed by atoms with Crippen molar-refractivity contribution < 1.29 is 28.0 Å². The van der Waals surface area contributed by atoms with Gasteiger partial charge in [-0.15, -0.1) is 0 Å². The molecule has 1 saturated heterocycles. The Morgan fingerprint density at radius 2 is 1.95 bits per heavy atom. The Balaban J connectivity index is 2.70. The second-order valence-electron chi connectivity index (χ2n) is 4.51. The summed E-state index contributed by atoms with van der Waals surface area (Å²) < 4.78 is 38.3. The minimum absolute atomic E-state index is 0.280. The first-order valence-electron chi connectivity index (χ1n) is 6.00. The number of ether oxygens (including phenoxy) is 4. The van der Waals surface area contributed by atoms with Crippen LogP contribution in [0.3, 0.4) is 0 Å². The molecule has 1 aliphatic heterocycles. The van der Waals surface area contributed by atoms with Crippen LogP contribution >= 0.6 is 7.37 Å². The molecule has 2 radical (unpaired) electrons. The lowest BCUT2D eigenvalue weighted by Gasteiger charge is -2.28. The highest BCUT2D eigenvalue weighted by Crippen LogP contribution is 2.45. The Bertz CT molecular complexity index is 310. The summed E-state index contributed by atoms with van der Waals surface area (Å²) in [5.74, 6) is 0. The molecular weight excluding hydrogens is 270 g/mol. The van der Waals surface area contributed by atoms with E-state index in [2.05, 4.69) is 6.66 Å². The van der Waals surface area contributed by atoms with Crippen LogP contribution in [0.5, 0.6) is 0 Å². The third-order valence-electron chi connectivity index (χ3n) is 2.62. The van der Waals surface area contributed by atoms with Gasteiger partial charge in [-0.2, -0.15) is 0 Å². The van der Waals surface area contributed by atoms with Gasteiger partial charge in [-0.3, -0.25) is 6.66 Å². The number of hydrogen-bond donors (Lipinski definition) is 0. The van der Waals surface area contributed by atoms with E-state index in [1.165, 1.54) is 6.66 Å². The fraction of sp³-hybridized carbons (Fsp3) is 0.909. The van der Waals surface area contributed by atoms with Crippen molar-refractivity contribution in [2.24, 2.45) is 0 Å². The van der Waals surface area contributed by atoms with Gasteiger partial charge < -0.3 is 28.0 Å². The van der Waals surface area contributed by atoms with Crippen LogP contribution in [-0.4, -0.2) is 72.9 Å². The summed E-state index contributed by atoms with van der Waals surface area (Å²) in [4.78, 5) is 0. The van der Waals surface area contributed by atoms with E-state index in [9.17, 15) is 4.57 Å². The molecule has 6 nitrogen and oxygen atoms in total. The largest absolute Gasteiger partial charge is 0.382 e. The van der Waals surface area contributed by atoms with Crippen LogP contribution in [0.1, 0.15) is 0 Å². The summed E-state index contributed by atoms with van der Waals surface area (Å²) in [5, 5.41) is 0. The minimum atomic E-state index is -2.93. The van der Waals surface area contributed by atoms with E-state index in [4.69, 9.17) is 31.3 Å². The Labute approximate surface area is 115 Å². The molecule has 1 aliphatic rings. The van der Waals surface area contributed by atoms with Crippen molar-refractivity contribution in [3.8, 4) is 0 Å². The summed E-state index contributed by atoms with van der Waals surface area (Å²) in [6.07, 6.45) is -1.52. The molecule has 110 valence electrons. The quantitative estimate of drug-likeness (QED) is 0.283. The van der Waals surface area contributed by atoms with E-state index in [0.29, 0.717) is 13.2 Å². The van der Waals surface area contributed by atoms with Crippen molar-refractivity contribution in [3.05, 3.63) is 6.66 Å². The summed E-state index contributed by atoms with van der Waals surface area (Å²) in [7, 11) is 6.04. The van der Waals surface area contributed by atoms with Crippen LogP contribution in [0.25, 0.3) is 0 Å². The van der Waals surface area contributed by atoms with E-state index < -0.39 is 31.7 Å². The van der Waals surface area contributed by atoms with E-state index in [1.807, 2.05) is 0 Å². The van der Waals surface area contributed by atoms with Crippen LogP contribution in [0.4, 0.5) is 0 Å². The summed E-state index contributed by atoms with van der Waals surface area (Å²) in [6.45, 7) is 6.00. The van der Waals surface area contributed by atoms with Gasteiger partial charge in [0.25, 0.3) is 0 Å². The van der Waals surface area contributed by atoms with Crippen molar-refractivity contribution in [2.45, 2.75) is 24.3 Å². The van der Waals surface area contributed by atoms with E-state index >= 15 is 0 Å². The van der Waals surface area contributed by atoms with Crippen molar-refractivity contribution in [2.75, 3.05) is 40.7 Å². The maximum atomic E-state index is 11.8. The van der Waals surface area contributed by atoms with E-state index in [-0.39, 0.29) is 6.61 Å². The van der Waals surface area contributed by atoms with Gasteiger partial charge in [0.1, 0.15) is 26.2 Å². The van der Waals surface area contributed by atoms with Crippen LogP contribution in [0.15, 0.2) is 0 Å². The lowest BCUT2D eigenvalue weighted by Crippen LogP contribution is -2.39. The molecule has 0 bridgehead atoms. The first-order chi connectivity index (χ1) is 8.89. The SMILES string of the molecule is [B][C@@H]1O[C@H](COC)C(OP([CH2-])(C)=O)[C@@H]1OCCOC. The standard InChI is InChI=1S/C11H21BO6P/c1-14-5-6-16-10-9(18-19(3,4)13)8(7-15-2)17-11(10)12/h8-11H,3,5-7H2,1-2,4H3/q-1/t8-,9?,10+,11-,19?/m1/s1. The molecule has 1 rings (SSSR count). The van der Waals surface area contributed by atoms with Gasteiger partial charge in [-0.1, -0.05) is 0 Å². The van der Waals surface area contributed by atoms with Gasteiger partial charge >= 0.3 is 0 Å². The van der Waals surface area contributed by atoms with Gasteiger partial charge in [0.2, 0.25) is 0 Å². The van der Waals surface area contributed by atoms with Gasteiger partial charge in [0.15, 0.2) is 0 Å². The highest BCUT2D eigenvalue weighted by atomic mass is 31.2. The molecule has 0 spiro atoms. The summed E-state index contributed by atoms with van der Waals surface area (Å²) >= 11 is 0. The highest BCUT2D eigenvalue weighted by Gasteiger charge is 2.44. The van der Waals surface area contributed by atoms with Gasteiger partial charge in [-0.25, -0.2) is 0 Å². The smallest absolute Gasteiger partial charge is 0.119 e. The molecule has 1 fully saturated rings. The molecule has 19 heavy (non-hydrogen) atoms.